The van der Waals surface area contributed by atoms with E-state index >= 15 is 0 Å². The molecule has 142 valence electrons. The quantitative estimate of drug-likeness (QED) is 0.690. The molecule has 0 bridgehead atoms. The summed E-state index contributed by atoms with van der Waals surface area (Å²) in [5.74, 6) is 0.268. The van der Waals surface area contributed by atoms with Gasteiger partial charge < -0.3 is 9.64 Å². The van der Waals surface area contributed by atoms with Crippen LogP contribution < -0.4 is 4.74 Å². The van der Waals surface area contributed by atoms with Gasteiger partial charge in [-0.2, -0.15) is 0 Å². The van der Waals surface area contributed by atoms with Crippen LogP contribution in [0.1, 0.15) is 34.8 Å². The van der Waals surface area contributed by atoms with Crippen molar-refractivity contribution in [1.82, 2.24) is 19.9 Å². The summed E-state index contributed by atoms with van der Waals surface area (Å²) in [6.45, 7) is 1.20. The third-order valence-corrected chi connectivity index (χ3v) is 4.71. The van der Waals surface area contributed by atoms with E-state index in [1.807, 2.05) is 4.90 Å². The lowest BCUT2D eigenvalue weighted by atomic mass is 9.94. The number of likely N-dealkylation sites (tertiary alicyclic amines) is 1. The lowest BCUT2D eigenvalue weighted by Gasteiger charge is -2.32. The van der Waals surface area contributed by atoms with Gasteiger partial charge in [0.25, 0.3) is 5.91 Å². The zero-order valence-corrected chi connectivity index (χ0v) is 15.2. The van der Waals surface area contributed by atoms with Crippen LogP contribution in [0.4, 0.5) is 4.39 Å². The molecule has 1 unspecified atom stereocenters. The van der Waals surface area contributed by atoms with Crippen LogP contribution in [-0.4, -0.2) is 38.8 Å². The fraction of sp³-hybridized carbons (Fsp3) is 0.238. The molecule has 1 aliphatic rings. The van der Waals surface area contributed by atoms with Gasteiger partial charge in [-0.1, -0.05) is 6.07 Å². The Balaban J connectivity index is 1.55. The number of benzene rings is 1. The Morgan fingerprint density at radius 2 is 2.04 bits per heavy atom. The van der Waals surface area contributed by atoms with Crippen molar-refractivity contribution in [1.29, 1.82) is 0 Å². The van der Waals surface area contributed by atoms with Gasteiger partial charge in [0, 0.05) is 49.9 Å². The molecule has 1 aliphatic heterocycles. The van der Waals surface area contributed by atoms with E-state index in [4.69, 9.17) is 4.74 Å². The number of rotatable bonds is 4. The maximum atomic E-state index is 13.5. The highest BCUT2D eigenvalue weighted by Crippen LogP contribution is 2.33. The van der Waals surface area contributed by atoms with Crippen LogP contribution >= 0.6 is 0 Å². The van der Waals surface area contributed by atoms with Crippen LogP contribution in [0.15, 0.2) is 61.2 Å². The second-order valence-corrected chi connectivity index (χ2v) is 6.64. The Kier molecular flexibility index (Phi) is 5.23. The van der Waals surface area contributed by atoms with E-state index in [1.165, 1.54) is 12.1 Å². The molecule has 0 radical (unpaired) electrons. The van der Waals surface area contributed by atoms with Crippen molar-refractivity contribution in [3.63, 3.8) is 0 Å². The van der Waals surface area contributed by atoms with E-state index in [0.717, 1.165) is 12.8 Å². The number of piperidine rings is 1. The maximum Gasteiger partial charge on any atom is 0.255 e. The van der Waals surface area contributed by atoms with E-state index in [0.29, 0.717) is 36.0 Å². The van der Waals surface area contributed by atoms with Gasteiger partial charge in [0.1, 0.15) is 17.3 Å². The fourth-order valence-electron chi connectivity index (χ4n) is 3.39. The van der Waals surface area contributed by atoms with Gasteiger partial charge in [0.05, 0.1) is 5.56 Å². The number of hydrogen-bond donors (Lipinski definition) is 0. The van der Waals surface area contributed by atoms with E-state index in [2.05, 4.69) is 15.0 Å². The van der Waals surface area contributed by atoms with E-state index in [1.54, 1.807) is 49.1 Å². The minimum atomic E-state index is -0.381. The average Bonchev–Trinajstić information content (AvgIpc) is 2.74. The molecule has 3 heterocycles. The van der Waals surface area contributed by atoms with Crippen molar-refractivity contribution in [3.05, 3.63) is 78.3 Å². The molecule has 4 rings (SSSR count). The summed E-state index contributed by atoms with van der Waals surface area (Å²) >= 11 is 0. The number of nitrogens with zero attached hydrogens (tertiary/aromatic N) is 4. The molecule has 1 fully saturated rings. The highest BCUT2D eigenvalue weighted by atomic mass is 19.1. The van der Waals surface area contributed by atoms with E-state index in [9.17, 15) is 9.18 Å². The number of hydrogen-bond acceptors (Lipinski definition) is 5. The molecule has 0 saturated carbocycles. The SMILES string of the molecule is O=C(c1cccnc1)N1CCCC(c2nccnc2Oc2cccc(F)c2)C1. The average molecular weight is 378 g/mol. The molecule has 1 amide bonds. The highest BCUT2D eigenvalue weighted by molar-refractivity contribution is 5.94. The summed E-state index contributed by atoms with van der Waals surface area (Å²) in [5, 5.41) is 0. The van der Waals surface area contributed by atoms with Gasteiger partial charge in [-0.05, 0) is 37.1 Å². The van der Waals surface area contributed by atoms with Gasteiger partial charge >= 0.3 is 0 Å². The molecule has 1 aromatic carbocycles. The van der Waals surface area contributed by atoms with Crippen molar-refractivity contribution < 1.29 is 13.9 Å². The molecule has 6 nitrogen and oxygen atoms in total. The van der Waals surface area contributed by atoms with Crippen LogP contribution in [0.2, 0.25) is 0 Å². The summed E-state index contributed by atoms with van der Waals surface area (Å²) in [6, 6.07) is 9.42. The largest absolute Gasteiger partial charge is 0.437 e. The van der Waals surface area contributed by atoms with Crippen LogP contribution in [-0.2, 0) is 0 Å². The van der Waals surface area contributed by atoms with E-state index < -0.39 is 0 Å². The number of amides is 1. The van der Waals surface area contributed by atoms with Crippen LogP contribution in [0.3, 0.4) is 0 Å². The Hall–Kier alpha value is -3.35. The van der Waals surface area contributed by atoms with Gasteiger partial charge in [-0.15, -0.1) is 0 Å². The Bertz CT molecular complexity index is 967. The summed E-state index contributed by atoms with van der Waals surface area (Å²) in [4.78, 5) is 27.3. The second-order valence-electron chi connectivity index (χ2n) is 6.64. The molecule has 1 atom stereocenters. The van der Waals surface area contributed by atoms with Crippen molar-refractivity contribution >= 4 is 5.91 Å². The second kappa shape index (κ2) is 8.12. The van der Waals surface area contributed by atoms with Crippen molar-refractivity contribution in [2.75, 3.05) is 13.1 Å². The van der Waals surface area contributed by atoms with Crippen LogP contribution in [0, 0.1) is 5.82 Å². The Labute approximate surface area is 162 Å². The summed E-state index contributed by atoms with van der Waals surface area (Å²) in [6.07, 6.45) is 8.09. The summed E-state index contributed by atoms with van der Waals surface area (Å²) in [5.41, 5.74) is 1.24. The predicted octanol–water partition coefficient (Wildman–Crippen LogP) is 3.82. The smallest absolute Gasteiger partial charge is 0.255 e. The van der Waals surface area contributed by atoms with Crippen molar-refractivity contribution in [2.45, 2.75) is 18.8 Å². The predicted molar refractivity (Wildman–Crippen MR) is 101 cm³/mol. The number of aromatic nitrogens is 3. The molecule has 28 heavy (non-hydrogen) atoms. The third kappa shape index (κ3) is 3.98. The third-order valence-electron chi connectivity index (χ3n) is 4.71. The van der Waals surface area contributed by atoms with Crippen LogP contribution in [0.25, 0.3) is 0 Å². The fourth-order valence-corrected chi connectivity index (χ4v) is 3.39. The topological polar surface area (TPSA) is 68.2 Å². The standard InChI is InChI=1S/C21H19FN4O2/c22-17-6-1-7-18(12-17)28-20-19(24-9-10-25-20)16-5-3-11-26(14-16)21(27)15-4-2-8-23-13-15/h1-2,4,6-10,12-13,16H,3,5,11,14H2. The Morgan fingerprint density at radius 1 is 1.14 bits per heavy atom. The zero-order chi connectivity index (χ0) is 19.3. The first-order chi connectivity index (χ1) is 13.7. The normalized spacial score (nSPS) is 16.6. The van der Waals surface area contributed by atoms with Crippen molar-refractivity contribution in [2.24, 2.45) is 0 Å². The molecule has 7 heteroatoms. The molecule has 0 aliphatic carbocycles. The van der Waals surface area contributed by atoms with E-state index in [-0.39, 0.29) is 17.6 Å². The van der Waals surface area contributed by atoms with Gasteiger partial charge in [-0.3, -0.25) is 14.8 Å². The minimum absolute atomic E-state index is 0.00775. The summed E-state index contributed by atoms with van der Waals surface area (Å²) in [7, 11) is 0. The first-order valence-electron chi connectivity index (χ1n) is 9.14. The molecule has 0 spiro atoms. The molecule has 1 saturated heterocycles. The summed E-state index contributed by atoms with van der Waals surface area (Å²) < 4.78 is 19.3. The first-order valence-corrected chi connectivity index (χ1v) is 9.14. The number of halogens is 1. The van der Waals surface area contributed by atoms with Gasteiger partial charge in [0.15, 0.2) is 0 Å². The number of carbonyl (C=O) groups is 1. The highest BCUT2D eigenvalue weighted by Gasteiger charge is 2.29. The molecule has 0 N–H and O–H groups in total. The number of pyridine rings is 1. The molecular weight excluding hydrogens is 359 g/mol. The molecular formula is C21H19FN4O2. The lowest BCUT2D eigenvalue weighted by molar-refractivity contribution is 0.0704. The first kappa shape index (κ1) is 18.0. The lowest BCUT2D eigenvalue weighted by Crippen LogP contribution is -2.39. The van der Waals surface area contributed by atoms with Crippen molar-refractivity contribution in [3.8, 4) is 11.6 Å². The van der Waals surface area contributed by atoms with Gasteiger partial charge in [0.2, 0.25) is 5.88 Å². The number of ether oxygens (including phenoxy) is 1. The van der Waals surface area contributed by atoms with Crippen LogP contribution in [0.5, 0.6) is 11.6 Å². The maximum absolute atomic E-state index is 13.5. The monoisotopic (exact) mass is 378 g/mol. The molecule has 2 aromatic heterocycles. The molecule has 3 aromatic rings. The number of carbonyl (C=O) groups excluding carboxylic acids is 1. The zero-order valence-electron chi connectivity index (χ0n) is 15.2. The van der Waals surface area contributed by atoms with Gasteiger partial charge in [-0.25, -0.2) is 9.37 Å². The Morgan fingerprint density at radius 3 is 2.86 bits per heavy atom. The minimum Gasteiger partial charge on any atom is -0.437 e.